The van der Waals surface area contributed by atoms with Crippen molar-refractivity contribution in [1.29, 1.82) is 0 Å². The molecule has 1 aliphatic rings. The minimum absolute atomic E-state index is 0.254. The van der Waals surface area contributed by atoms with Crippen molar-refractivity contribution in [3.8, 4) is 0 Å². The molecule has 1 heterocycles. The van der Waals surface area contributed by atoms with Gasteiger partial charge < -0.3 is 14.2 Å². The fraction of sp³-hybridized carbons (Fsp3) is 0.692. The Labute approximate surface area is 112 Å². The Hall–Kier alpha value is -1.40. The van der Waals surface area contributed by atoms with Gasteiger partial charge in [-0.3, -0.25) is 4.68 Å². The fourth-order valence-corrected chi connectivity index (χ4v) is 1.82. The van der Waals surface area contributed by atoms with Crippen LogP contribution in [0.15, 0.2) is 6.07 Å². The maximum absolute atomic E-state index is 12.0. The van der Waals surface area contributed by atoms with Crippen molar-refractivity contribution in [3.05, 3.63) is 17.5 Å². The van der Waals surface area contributed by atoms with Gasteiger partial charge in [-0.05, 0) is 18.9 Å². The van der Waals surface area contributed by atoms with E-state index in [2.05, 4.69) is 5.10 Å². The van der Waals surface area contributed by atoms with E-state index in [-0.39, 0.29) is 12.6 Å². The van der Waals surface area contributed by atoms with Crippen molar-refractivity contribution in [3.63, 3.8) is 0 Å². The summed E-state index contributed by atoms with van der Waals surface area (Å²) >= 11 is 0. The first-order chi connectivity index (χ1) is 9.26. The number of aromatic nitrogens is 2. The molecule has 1 aliphatic carbocycles. The van der Waals surface area contributed by atoms with Crippen LogP contribution < -0.4 is 0 Å². The molecule has 0 spiro atoms. The first kappa shape index (κ1) is 14.0. The van der Waals surface area contributed by atoms with Crippen molar-refractivity contribution >= 4 is 5.97 Å². The highest BCUT2D eigenvalue weighted by Gasteiger charge is 2.28. The first-order valence-corrected chi connectivity index (χ1v) is 6.49. The van der Waals surface area contributed by atoms with E-state index in [0.717, 1.165) is 18.5 Å². The first-order valence-electron chi connectivity index (χ1n) is 6.49. The summed E-state index contributed by atoms with van der Waals surface area (Å²) < 4.78 is 16.7. The summed E-state index contributed by atoms with van der Waals surface area (Å²) in [4.78, 5) is 12.0. The summed E-state index contributed by atoms with van der Waals surface area (Å²) in [6.45, 7) is 1.72. The number of methoxy groups -OCH3 is 2. The quantitative estimate of drug-likeness (QED) is 0.524. The molecule has 1 aromatic heterocycles. The highest BCUT2D eigenvalue weighted by atomic mass is 16.6. The van der Waals surface area contributed by atoms with Gasteiger partial charge in [-0.25, -0.2) is 4.79 Å². The van der Waals surface area contributed by atoms with Crippen LogP contribution >= 0.6 is 0 Å². The molecule has 0 saturated heterocycles. The largest absolute Gasteiger partial charge is 0.459 e. The van der Waals surface area contributed by atoms with Gasteiger partial charge in [-0.2, -0.15) is 5.10 Å². The molecule has 1 saturated carbocycles. The van der Waals surface area contributed by atoms with Crippen molar-refractivity contribution in [1.82, 2.24) is 9.78 Å². The molecular weight excluding hydrogens is 248 g/mol. The molecule has 0 N–H and O–H groups in total. The van der Waals surface area contributed by atoms with Gasteiger partial charge in [0, 0.05) is 20.1 Å². The molecule has 1 fully saturated rings. The second-order valence-corrected chi connectivity index (χ2v) is 4.57. The number of carbonyl (C=O) groups is 1. The van der Waals surface area contributed by atoms with Gasteiger partial charge in [-0.15, -0.1) is 0 Å². The molecule has 0 aromatic carbocycles. The lowest BCUT2D eigenvalue weighted by Crippen LogP contribution is -2.17. The molecule has 1 aromatic rings. The lowest BCUT2D eigenvalue weighted by molar-refractivity contribution is 0.0372. The number of nitrogens with zero attached hydrogens (tertiary/aromatic N) is 2. The number of rotatable bonds is 8. The van der Waals surface area contributed by atoms with Gasteiger partial charge in [0.25, 0.3) is 0 Å². The zero-order chi connectivity index (χ0) is 13.7. The molecule has 0 amide bonds. The number of ether oxygens (including phenoxy) is 3. The summed E-state index contributed by atoms with van der Waals surface area (Å²) in [5.74, 6) is 0.155. The maximum Gasteiger partial charge on any atom is 0.356 e. The normalized spacial score (nSPS) is 14.6. The Morgan fingerprint density at radius 1 is 1.32 bits per heavy atom. The van der Waals surface area contributed by atoms with Crippen LogP contribution in [0.5, 0.6) is 0 Å². The smallest absolute Gasteiger partial charge is 0.356 e. The lowest BCUT2D eigenvalue weighted by atomic mass is 10.2. The Morgan fingerprint density at radius 3 is 2.68 bits per heavy atom. The maximum atomic E-state index is 12.0. The third kappa shape index (κ3) is 3.78. The zero-order valence-corrected chi connectivity index (χ0v) is 11.4. The Morgan fingerprint density at radius 2 is 2.05 bits per heavy atom. The Bertz CT molecular complexity index is 426. The van der Waals surface area contributed by atoms with Crippen LogP contribution in [0.25, 0.3) is 0 Å². The minimum atomic E-state index is -0.354. The predicted molar refractivity (Wildman–Crippen MR) is 68.2 cm³/mol. The molecule has 0 bridgehead atoms. The number of hydrogen-bond acceptors (Lipinski definition) is 5. The monoisotopic (exact) mass is 268 g/mol. The van der Waals surface area contributed by atoms with Crippen LogP contribution in [0.4, 0.5) is 0 Å². The standard InChI is InChI=1S/C13H20N2O4/c1-17-6-5-15-12(13(16)19-8-7-18-2)9-11(14-15)10-3-4-10/h9-10H,3-8H2,1-2H3. The minimum Gasteiger partial charge on any atom is -0.459 e. The summed E-state index contributed by atoms with van der Waals surface area (Å²) in [6.07, 6.45) is 2.30. The zero-order valence-electron chi connectivity index (χ0n) is 11.4. The van der Waals surface area contributed by atoms with Gasteiger partial charge in [0.2, 0.25) is 0 Å². The fourth-order valence-electron chi connectivity index (χ4n) is 1.82. The SMILES string of the molecule is COCCOC(=O)c1cc(C2CC2)nn1CCOC. The van der Waals surface area contributed by atoms with Crippen LogP contribution in [0.1, 0.15) is 34.9 Å². The van der Waals surface area contributed by atoms with Gasteiger partial charge >= 0.3 is 5.97 Å². The summed E-state index contributed by atoms with van der Waals surface area (Å²) in [5, 5.41) is 4.46. The van der Waals surface area contributed by atoms with Gasteiger partial charge in [0.05, 0.1) is 25.5 Å². The van der Waals surface area contributed by atoms with Crippen LogP contribution in [-0.2, 0) is 20.8 Å². The van der Waals surface area contributed by atoms with Crippen LogP contribution in [0, 0.1) is 0 Å². The average Bonchev–Trinajstić information content (AvgIpc) is 3.17. The van der Waals surface area contributed by atoms with E-state index < -0.39 is 0 Å². The van der Waals surface area contributed by atoms with Crippen LogP contribution in [0.3, 0.4) is 0 Å². The van der Waals surface area contributed by atoms with Crippen molar-refractivity contribution in [2.45, 2.75) is 25.3 Å². The molecule has 6 heteroatoms. The second kappa shape index (κ2) is 6.68. The molecule has 0 radical (unpaired) electrons. The summed E-state index contributed by atoms with van der Waals surface area (Å²) in [6, 6.07) is 1.84. The molecular formula is C13H20N2O4. The van der Waals surface area contributed by atoms with E-state index in [4.69, 9.17) is 14.2 Å². The van der Waals surface area contributed by atoms with Gasteiger partial charge in [-0.1, -0.05) is 0 Å². The molecule has 0 aliphatic heterocycles. The summed E-state index contributed by atoms with van der Waals surface area (Å²) in [5.41, 5.74) is 1.48. The van der Waals surface area contributed by atoms with E-state index in [1.807, 2.05) is 6.07 Å². The van der Waals surface area contributed by atoms with E-state index in [1.165, 1.54) is 0 Å². The van der Waals surface area contributed by atoms with Crippen molar-refractivity contribution < 1.29 is 19.0 Å². The van der Waals surface area contributed by atoms with E-state index >= 15 is 0 Å². The average molecular weight is 268 g/mol. The lowest BCUT2D eigenvalue weighted by Gasteiger charge is -2.06. The molecule has 6 nitrogen and oxygen atoms in total. The third-order valence-corrected chi connectivity index (χ3v) is 3.03. The van der Waals surface area contributed by atoms with Crippen molar-refractivity contribution in [2.24, 2.45) is 0 Å². The molecule has 2 rings (SSSR count). The van der Waals surface area contributed by atoms with Crippen LogP contribution in [0.2, 0.25) is 0 Å². The second-order valence-electron chi connectivity index (χ2n) is 4.57. The molecule has 106 valence electrons. The predicted octanol–water partition coefficient (Wildman–Crippen LogP) is 1.21. The van der Waals surface area contributed by atoms with Crippen molar-refractivity contribution in [2.75, 3.05) is 34.0 Å². The van der Waals surface area contributed by atoms with Gasteiger partial charge in [0.1, 0.15) is 12.3 Å². The highest BCUT2D eigenvalue weighted by molar-refractivity contribution is 5.87. The summed E-state index contributed by atoms with van der Waals surface area (Å²) in [7, 11) is 3.20. The topological polar surface area (TPSA) is 62.6 Å². The molecule has 0 unspecified atom stereocenters. The van der Waals surface area contributed by atoms with Gasteiger partial charge in [0.15, 0.2) is 0 Å². The highest BCUT2D eigenvalue weighted by Crippen LogP contribution is 2.39. The number of esters is 1. The number of hydrogen-bond donors (Lipinski definition) is 0. The Kier molecular flexibility index (Phi) is 4.93. The molecule has 19 heavy (non-hydrogen) atoms. The molecule has 0 atom stereocenters. The number of carbonyl (C=O) groups excluding carboxylic acids is 1. The van der Waals surface area contributed by atoms with E-state index in [0.29, 0.717) is 31.4 Å². The van der Waals surface area contributed by atoms with E-state index in [1.54, 1.807) is 18.9 Å². The Balaban J connectivity index is 2.04. The van der Waals surface area contributed by atoms with Crippen LogP contribution in [-0.4, -0.2) is 49.8 Å². The third-order valence-electron chi connectivity index (χ3n) is 3.03. The van der Waals surface area contributed by atoms with E-state index in [9.17, 15) is 4.79 Å².